The molecular weight excluding hydrogens is 224 g/mol. The summed E-state index contributed by atoms with van der Waals surface area (Å²) in [5, 5.41) is 11.7. The standard InChI is InChI=1S/C11H10N2O4/c12-13-10(15)3-6-4-11(16)17-9-5-7(14)1-2-8(6)9/h1-2,4-5,14H,3,12H2,(H,13,15). The Bertz CT molecular complexity index is 633. The van der Waals surface area contributed by atoms with Crippen LogP contribution in [-0.4, -0.2) is 5.91 Å². The molecule has 17 heavy (non-hydrogen) atoms. The molecule has 0 unspecified atom stereocenters. The molecule has 1 aromatic carbocycles. The van der Waals surface area contributed by atoms with Gasteiger partial charge in [0.1, 0.15) is 5.58 Å². The number of nitrogens with one attached hydrogen (secondary N) is 1. The van der Waals surface area contributed by atoms with Crippen molar-refractivity contribution >= 4 is 16.9 Å². The number of carbonyl (C=O) groups excluding carboxylic acids is 1. The minimum absolute atomic E-state index is 0.0177. The van der Waals surface area contributed by atoms with Crippen molar-refractivity contribution in [2.24, 2.45) is 0 Å². The van der Waals surface area contributed by atoms with Crippen LogP contribution in [0.4, 0.5) is 0 Å². The molecular formula is C11H10N2O4. The molecule has 1 aromatic heterocycles. The van der Waals surface area contributed by atoms with Crippen LogP contribution in [0.2, 0.25) is 0 Å². The molecule has 0 fully saturated rings. The van der Waals surface area contributed by atoms with Crippen LogP contribution in [0, 0.1) is 0 Å². The Morgan fingerprint density at radius 2 is 2.18 bits per heavy atom. The highest BCUT2D eigenvalue weighted by atomic mass is 16.4. The quantitative estimate of drug-likeness (QED) is 0.496. The largest absolute Gasteiger partial charge is 0.872 e. The molecule has 0 aliphatic carbocycles. The van der Waals surface area contributed by atoms with E-state index in [0.29, 0.717) is 10.9 Å². The third kappa shape index (κ3) is 2.26. The van der Waals surface area contributed by atoms with Crippen molar-refractivity contribution in [1.29, 1.82) is 0 Å². The number of hydrogen-bond donors (Lipinski definition) is 2. The van der Waals surface area contributed by atoms with E-state index in [4.69, 9.17) is 4.42 Å². The third-order valence-electron chi connectivity index (χ3n) is 2.35. The summed E-state index contributed by atoms with van der Waals surface area (Å²) in [5.74, 6) is 2.68. The number of fused-ring (bicyclic) bond motifs is 1. The predicted molar refractivity (Wildman–Crippen MR) is 56.7 cm³/mol. The number of carbonyl (C=O) groups is 1. The van der Waals surface area contributed by atoms with Crippen molar-refractivity contribution in [3.8, 4) is 5.75 Å². The molecule has 0 spiro atoms. The molecule has 2 rings (SSSR count). The van der Waals surface area contributed by atoms with Crippen molar-refractivity contribution in [2.75, 3.05) is 0 Å². The molecule has 0 atom stereocenters. The first kappa shape index (κ1) is 11.2. The van der Waals surface area contributed by atoms with E-state index in [0.717, 1.165) is 0 Å². The van der Waals surface area contributed by atoms with Gasteiger partial charge in [-0.2, -0.15) is 0 Å². The normalized spacial score (nSPS) is 10.4. The van der Waals surface area contributed by atoms with Gasteiger partial charge in [-0.25, -0.2) is 10.2 Å². The van der Waals surface area contributed by atoms with E-state index in [2.05, 4.69) is 11.3 Å². The summed E-state index contributed by atoms with van der Waals surface area (Å²) in [5.41, 5.74) is 2.34. The monoisotopic (exact) mass is 234 g/mol. The molecule has 6 nitrogen and oxygen atoms in total. The Hall–Kier alpha value is -2.34. The van der Waals surface area contributed by atoms with Crippen molar-refractivity contribution in [1.82, 2.24) is 5.43 Å². The highest BCUT2D eigenvalue weighted by Gasteiger charge is 2.09. The van der Waals surface area contributed by atoms with E-state index < -0.39 is 5.63 Å². The van der Waals surface area contributed by atoms with Gasteiger partial charge in [0.25, 0.3) is 5.91 Å². The zero-order chi connectivity index (χ0) is 12.4. The molecule has 4 N–H and O–H groups in total. The van der Waals surface area contributed by atoms with Gasteiger partial charge in [0.05, 0.1) is 6.42 Å². The van der Waals surface area contributed by atoms with Crippen LogP contribution in [-0.2, 0) is 11.2 Å². The molecule has 6 heteroatoms. The number of amides is 1. The van der Waals surface area contributed by atoms with Crippen molar-refractivity contribution < 1.29 is 20.2 Å². The van der Waals surface area contributed by atoms with Gasteiger partial charge in [0.2, 0.25) is 0 Å². The van der Waals surface area contributed by atoms with E-state index in [1.54, 1.807) is 0 Å². The molecule has 0 bridgehead atoms. The van der Waals surface area contributed by atoms with Gasteiger partial charge in [0, 0.05) is 11.5 Å². The van der Waals surface area contributed by atoms with E-state index in [9.17, 15) is 14.7 Å². The van der Waals surface area contributed by atoms with Crippen LogP contribution >= 0.6 is 0 Å². The lowest BCUT2D eigenvalue weighted by Crippen LogP contribution is -2.67. The lowest BCUT2D eigenvalue weighted by Gasteiger charge is -2.08. The SMILES string of the molecule is [NH3+]NC(=O)Cc1cc(=O)oc2cc([O-])ccc12. The van der Waals surface area contributed by atoms with E-state index in [1.165, 1.54) is 24.3 Å². The average Bonchev–Trinajstić information content (AvgIpc) is 2.27. The Morgan fingerprint density at radius 3 is 2.88 bits per heavy atom. The number of hydrogen-bond acceptors (Lipinski definition) is 4. The van der Waals surface area contributed by atoms with Gasteiger partial charge in [-0.3, -0.25) is 10.6 Å². The van der Waals surface area contributed by atoms with Gasteiger partial charge in [-0.15, -0.1) is 5.75 Å². The van der Waals surface area contributed by atoms with E-state index >= 15 is 0 Å². The van der Waals surface area contributed by atoms with E-state index in [1.807, 2.05) is 0 Å². The Labute approximate surface area is 95.6 Å². The molecule has 0 saturated heterocycles. The second-order valence-electron chi connectivity index (χ2n) is 3.53. The maximum atomic E-state index is 11.3. The fourth-order valence-electron chi connectivity index (χ4n) is 1.59. The number of benzene rings is 1. The first-order valence-electron chi connectivity index (χ1n) is 4.90. The maximum absolute atomic E-state index is 11.3. The molecule has 2 aromatic rings. The highest BCUT2D eigenvalue weighted by Crippen LogP contribution is 2.20. The lowest BCUT2D eigenvalue weighted by atomic mass is 10.1. The second-order valence-corrected chi connectivity index (χ2v) is 3.53. The summed E-state index contributed by atoms with van der Waals surface area (Å²) in [6, 6.07) is 5.35. The van der Waals surface area contributed by atoms with Crippen LogP contribution in [0.1, 0.15) is 5.56 Å². The molecule has 88 valence electrons. The summed E-state index contributed by atoms with van der Waals surface area (Å²) >= 11 is 0. The Kier molecular flexibility index (Phi) is 2.80. The smallest absolute Gasteiger partial charge is 0.336 e. The van der Waals surface area contributed by atoms with Gasteiger partial charge >= 0.3 is 5.63 Å². The molecule has 1 amide bonds. The summed E-state index contributed by atoms with van der Waals surface area (Å²) < 4.78 is 4.90. The van der Waals surface area contributed by atoms with Crippen molar-refractivity contribution in [3.05, 3.63) is 40.2 Å². The van der Waals surface area contributed by atoms with Crippen LogP contribution in [0.5, 0.6) is 5.75 Å². The zero-order valence-corrected chi connectivity index (χ0v) is 8.86. The highest BCUT2D eigenvalue weighted by molar-refractivity contribution is 5.87. The minimum Gasteiger partial charge on any atom is -0.872 e. The topological polar surface area (TPSA) is 110 Å². The molecule has 1 heterocycles. The van der Waals surface area contributed by atoms with E-state index in [-0.39, 0.29) is 23.7 Å². The van der Waals surface area contributed by atoms with Crippen LogP contribution < -0.4 is 22.0 Å². The summed E-state index contributed by atoms with van der Waals surface area (Å²) in [6.07, 6.45) is 0.0177. The minimum atomic E-state index is -0.588. The van der Waals surface area contributed by atoms with Crippen molar-refractivity contribution in [2.45, 2.75) is 6.42 Å². The lowest BCUT2D eigenvalue weighted by molar-refractivity contribution is -0.427. The fraction of sp³-hybridized carbons (Fsp3) is 0.0909. The van der Waals surface area contributed by atoms with Gasteiger partial charge < -0.3 is 9.52 Å². The first-order valence-corrected chi connectivity index (χ1v) is 4.90. The average molecular weight is 234 g/mol. The Balaban J connectivity index is 2.61. The third-order valence-corrected chi connectivity index (χ3v) is 2.35. The zero-order valence-electron chi connectivity index (χ0n) is 8.86. The molecule has 0 radical (unpaired) electrons. The number of rotatable bonds is 2. The van der Waals surface area contributed by atoms with Gasteiger partial charge in [-0.05, 0) is 11.6 Å². The summed E-state index contributed by atoms with van der Waals surface area (Å²) in [4.78, 5) is 22.5. The molecule has 0 saturated carbocycles. The van der Waals surface area contributed by atoms with Crippen LogP contribution in [0.15, 0.2) is 33.5 Å². The summed E-state index contributed by atoms with van der Waals surface area (Å²) in [7, 11) is 0. The predicted octanol–water partition coefficient (Wildman–Crippen LogP) is -1.32. The molecule has 0 aliphatic rings. The van der Waals surface area contributed by atoms with Gasteiger partial charge in [-0.1, -0.05) is 12.1 Å². The summed E-state index contributed by atoms with van der Waals surface area (Å²) in [6.45, 7) is 0. The fourth-order valence-corrected chi connectivity index (χ4v) is 1.59. The second kappa shape index (κ2) is 4.26. The molecule has 0 aliphatic heterocycles. The maximum Gasteiger partial charge on any atom is 0.336 e. The van der Waals surface area contributed by atoms with Gasteiger partial charge in [0.15, 0.2) is 0 Å². The Morgan fingerprint density at radius 1 is 1.41 bits per heavy atom. The number of quaternary nitrogens is 1. The first-order chi connectivity index (χ1) is 8.10. The van der Waals surface area contributed by atoms with Crippen molar-refractivity contribution in [3.63, 3.8) is 0 Å². The van der Waals surface area contributed by atoms with Crippen LogP contribution in [0.25, 0.3) is 11.0 Å². The van der Waals surface area contributed by atoms with Crippen LogP contribution in [0.3, 0.4) is 0 Å².